The first-order chi connectivity index (χ1) is 10.3. The molecule has 0 bridgehead atoms. The van der Waals surface area contributed by atoms with Gasteiger partial charge in [0.2, 0.25) is 0 Å². The summed E-state index contributed by atoms with van der Waals surface area (Å²) in [5.74, 6) is -0.778. The van der Waals surface area contributed by atoms with Crippen LogP contribution in [0.1, 0.15) is 47.1 Å². The first kappa shape index (κ1) is 15.9. The molecule has 0 saturated carbocycles. The highest BCUT2D eigenvalue weighted by Crippen LogP contribution is 2.18. The molecule has 0 aliphatic rings. The number of carbonyl (C=O) groups excluding carboxylic acids is 2. The Morgan fingerprint density at radius 1 is 1.14 bits per heavy atom. The summed E-state index contributed by atoms with van der Waals surface area (Å²) in [5, 5.41) is 6.81. The largest absolute Gasteiger partial charge is 0.319 e. The molecule has 1 N–H and O–H groups in total. The Hall–Kier alpha value is -2.43. The SMILES string of the molecule is Cc1nn(C)c(C)c1C(=O)C(=O)Nc1ccc(C(C)C)cc1. The molecule has 0 aliphatic carbocycles. The van der Waals surface area contributed by atoms with Gasteiger partial charge in [0.15, 0.2) is 0 Å². The number of ketones is 1. The second kappa shape index (κ2) is 6.13. The van der Waals surface area contributed by atoms with Crippen LogP contribution in [0.4, 0.5) is 5.69 Å². The normalized spacial score (nSPS) is 10.8. The highest BCUT2D eigenvalue weighted by Gasteiger charge is 2.23. The molecular formula is C17H21N3O2. The van der Waals surface area contributed by atoms with Gasteiger partial charge in [0.05, 0.1) is 11.3 Å². The first-order valence-corrected chi connectivity index (χ1v) is 7.27. The van der Waals surface area contributed by atoms with Gasteiger partial charge in [-0.1, -0.05) is 26.0 Å². The third-order valence-electron chi connectivity index (χ3n) is 3.78. The monoisotopic (exact) mass is 299 g/mol. The van der Waals surface area contributed by atoms with Gasteiger partial charge in [0, 0.05) is 18.4 Å². The minimum absolute atomic E-state index is 0.374. The van der Waals surface area contributed by atoms with E-state index in [0.717, 1.165) is 0 Å². The van der Waals surface area contributed by atoms with E-state index < -0.39 is 11.7 Å². The fourth-order valence-corrected chi connectivity index (χ4v) is 2.35. The van der Waals surface area contributed by atoms with Crippen LogP contribution in [0.2, 0.25) is 0 Å². The van der Waals surface area contributed by atoms with E-state index in [9.17, 15) is 9.59 Å². The quantitative estimate of drug-likeness (QED) is 0.697. The molecule has 1 amide bonds. The number of carbonyl (C=O) groups is 2. The van der Waals surface area contributed by atoms with Crippen molar-refractivity contribution < 1.29 is 9.59 Å². The standard InChI is InChI=1S/C17H21N3O2/c1-10(2)13-6-8-14(9-7-13)18-17(22)16(21)15-11(3)19-20(5)12(15)4/h6-10H,1-5H3,(H,18,22). The molecule has 0 aliphatic heterocycles. The zero-order chi connectivity index (χ0) is 16.4. The molecule has 5 heteroatoms. The smallest absolute Gasteiger partial charge is 0.296 e. The van der Waals surface area contributed by atoms with Crippen molar-refractivity contribution in [3.05, 3.63) is 46.8 Å². The predicted octanol–water partition coefficient (Wildman–Crippen LogP) is 2.98. The average Bonchev–Trinajstić information content (AvgIpc) is 2.72. The van der Waals surface area contributed by atoms with Gasteiger partial charge in [-0.15, -0.1) is 0 Å². The van der Waals surface area contributed by atoms with E-state index in [0.29, 0.717) is 28.6 Å². The Bertz CT molecular complexity index is 712. The maximum atomic E-state index is 12.3. The summed E-state index contributed by atoms with van der Waals surface area (Å²) in [7, 11) is 1.75. The highest BCUT2D eigenvalue weighted by atomic mass is 16.2. The van der Waals surface area contributed by atoms with E-state index in [2.05, 4.69) is 24.3 Å². The van der Waals surface area contributed by atoms with Crippen molar-refractivity contribution >= 4 is 17.4 Å². The first-order valence-electron chi connectivity index (χ1n) is 7.27. The molecule has 0 spiro atoms. The molecule has 1 aromatic carbocycles. The summed E-state index contributed by atoms with van der Waals surface area (Å²) in [5.41, 5.74) is 3.42. The lowest BCUT2D eigenvalue weighted by atomic mass is 10.0. The zero-order valence-electron chi connectivity index (χ0n) is 13.6. The van der Waals surface area contributed by atoms with Crippen LogP contribution in [0.3, 0.4) is 0 Å². The molecular weight excluding hydrogens is 278 g/mol. The van der Waals surface area contributed by atoms with Crippen LogP contribution in [0.15, 0.2) is 24.3 Å². The second-order valence-electron chi connectivity index (χ2n) is 5.73. The molecule has 2 aromatic rings. The van der Waals surface area contributed by atoms with E-state index in [1.54, 1.807) is 25.6 Å². The van der Waals surface area contributed by atoms with E-state index in [4.69, 9.17) is 0 Å². The Morgan fingerprint density at radius 3 is 2.18 bits per heavy atom. The van der Waals surface area contributed by atoms with Gasteiger partial charge < -0.3 is 5.32 Å². The molecule has 5 nitrogen and oxygen atoms in total. The third kappa shape index (κ3) is 3.08. The van der Waals surface area contributed by atoms with Crippen molar-refractivity contribution in [2.45, 2.75) is 33.6 Å². The van der Waals surface area contributed by atoms with E-state index in [-0.39, 0.29) is 0 Å². The summed E-state index contributed by atoms with van der Waals surface area (Å²) < 4.78 is 1.60. The highest BCUT2D eigenvalue weighted by molar-refractivity contribution is 6.47. The predicted molar refractivity (Wildman–Crippen MR) is 86.2 cm³/mol. The van der Waals surface area contributed by atoms with E-state index in [1.165, 1.54) is 5.56 Å². The molecule has 0 fully saturated rings. The number of nitrogens with one attached hydrogen (secondary N) is 1. The van der Waals surface area contributed by atoms with Gasteiger partial charge >= 0.3 is 0 Å². The Labute approximate surface area is 130 Å². The lowest BCUT2D eigenvalue weighted by molar-refractivity contribution is -0.112. The van der Waals surface area contributed by atoms with Crippen molar-refractivity contribution in [2.24, 2.45) is 7.05 Å². The number of benzene rings is 1. The number of hydrogen-bond acceptors (Lipinski definition) is 3. The number of Topliss-reactive ketones (excluding diaryl/α,β-unsaturated/α-hetero) is 1. The number of nitrogens with zero attached hydrogens (tertiary/aromatic N) is 2. The third-order valence-corrected chi connectivity index (χ3v) is 3.78. The summed E-state index contributed by atoms with van der Waals surface area (Å²) in [4.78, 5) is 24.5. The van der Waals surface area contributed by atoms with Gasteiger partial charge in [-0.2, -0.15) is 5.10 Å². The number of rotatable bonds is 4. The van der Waals surface area contributed by atoms with Crippen molar-refractivity contribution in [1.82, 2.24) is 9.78 Å². The molecule has 2 rings (SSSR count). The van der Waals surface area contributed by atoms with Gasteiger partial charge in [-0.3, -0.25) is 14.3 Å². The minimum Gasteiger partial charge on any atom is -0.319 e. The zero-order valence-corrected chi connectivity index (χ0v) is 13.6. The summed E-state index contributed by atoms with van der Waals surface area (Å²) >= 11 is 0. The molecule has 1 heterocycles. The summed E-state index contributed by atoms with van der Waals surface area (Å²) in [6, 6.07) is 7.52. The molecule has 1 aromatic heterocycles. The Kier molecular flexibility index (Phi) is 4.45. The van der Waals surface area contributed by atoms with Crippen LogP contribution in [0.25, 0.3) is 0 Å². The van der Waals surface area contributed by atoms with Crippen molar-refractivity contribution in [3.63, 3.8) is 0 Å². The summed E-state index contributed by atoms with van der Waals surface area (Å²) in [6.45, 7) is 7.71. The molecule has 116 valence electrons. The van der Waals surface area contributed by atoms with Crippen molar-refractivity contribution in [3.8, 4) is 0 Å². The number of aryl methyl sites for hydroxylation is 2. The van der Waals surface area contributed by atoms with Gasteiger partial charge in [-0.25, -0.2) is 0 Å². The number of anilines is 1. The lowest BCUT2D eigenvalue weighted by Gasteiger charge is -2.08. The Balaban J connectivity index is 2.16. The fourth-order valence-electron chi connectivity index (χ4n) is 2.35. The van der Waals surface area contributed by atoms with Crippen LogP contribution in [0.5, 0.6) is 0 Å². The van der Waals surface area contributed by atoms with Gasteiger partial charge in [-0.05, 0) is 37.5 Å². The maximum Gasteiger partial charge on any atom is 0.296 e. The van der Waals surface area contributed by atoms with Gasteiger partial charge in [0.1, 0.15) is 0 Å². The molecule has 0 atom stereocenters. The second-order valence-corrected chi connectivity index (χ2v) is 5.73. The van der Waals surface area contributed by atoms with Crippen LogP contribution >= 0.6 is 0 Å². The number of hydrogen-bond donors (Lipinski definition) is 1. The summed E-state index contributed by atoms with van der Waals surface area (Å²) in [6.07, 6.45) is 0. The van der Waals surface area contributed by atoms with Crippen LogP contribution in [0, 0.1) is 13.8 Å². The van der Waals surface area contributed by atoms with Crippen molar-refractivity contribution in [2.75, 3.05) is 5.32 Å². The molecule has 0 unspecified atom stereocenters. The fraction of sp³-hybridized carbons (Fsp3) is 0.353. The van der Waals surface area contributed by atoms with E-state index >= 15 is 0 Å². The van der Waals surface area contributed by atoms with E-state index in [1.807, 2.05) is 24.3 Å². The topological polar surface area (TPSA) is 64.0 Å². The molecule has 0 saturated heterocycles. The molecule has 22 heavy (non-hydrogen) atoms. The lowest BCUT2D eigenvalue weighted by Crippen LogP contribution is -2.24. The van der Waals surface area contributed by atoms with Crippen LogP contribution in [-0.2, 0) is 11.8 Å². The number of aromatic nitrogens is 2. The van der Waals surface area contributed by atoms with Crippen LogP contribution < -0.4 is 5.32 Å². The molecule has 0 radical (unpaired) electrons. The van der Waals surface area contributed by atoms with Crippen molar-refractivity contribution in [1.29, 1.82) is 0 Å². The number of amides is 1. The maximum absolute atomic E-state index is 12.3. The van der Waals surface area contributed by atoms with Crippen LogP contribution in [-0.4, -0.2) is 21.5 Å². The van der Waals surface area contributed by atoms with Gasteiger partial charge in [0.25, 0.3) is 11.7 Å². The average molecular weight is 299 g/mol. The minimum atomic E-state index is -0.642. The Morgan fingerprint density at radius 2 is 1.73 bits per heavy atom.